The zero-order chi connectivity index (χ0) is 15.9. The van der Waals surface area contributed by atoms with E-state index in [1.165, 1.54) is 16.2 Å². The molecule has 2 rings (SSSR count). The van der Waals surface area contributed by atoms with E-state index >= 15 is 0 Å². The molecule has 21 heavy (non-hydrogen) atoms. The third-order valence-electron chi connectivity index (χ3n) is 3.72. The molecule has 0 amide bonds. The van der Waals surface area contributed by atoms with Gasteiger partial charge in [0.25, 0.3) is 5.56 Å². The first-order chi connectivity index (χ1) is 9.84. The fourth-order valence-corrected chi connectivity index (χ4v) is 2.37. The zero-order valence-corrected chi connectivity index (χ0v) is 12.5. The van der Waals surface area contributed by atoms with Gasteiger partial charge in [-0.3, -0.25) is 13.9 Å². The van der Waals surface area contributed by atoms with E-state index in [0.717, 1.165) is 4.57 Å². The summed E-state index contributed by atoms with van der Waals surface area (Å²) in [6, 6.07) is -0.186. The molecule has 0 aliphatic rings. The second kappa shape index (κ2) is 5.19. The van der Waals surface area contributed by atoms with E-state index in [-0.39, 0.29) is 29.6 Å². The first-order valence-corrected chi connectivity index (χ1v) is 6.80. The molecule has 0 fully saturated rings. The standard InChI is InChI=1S/C13H18N4O4/c1-5-7(3)17-9-8(11(18)15(4)13(17)21)16(6-2)10(14-9)12(19)20/h7H,5-6H2,1-4H3,(H,19,20). The number of rotatable bonds is 4. The Morgan fingerprint density at radius 2 is 1.95 bits per heavy atom. The monoisotopic (exact) mass is 294 g/mol. The molecule has 2 heterocycles. The Morgan fingerprint density at radius 1 is 1.33 bits per heavy atom. The Hall–Kier alpha value is -2.38. The number of fused-ring (bicyclic) bond motifs is 1. The third kappa shape index (κ3) is 2.07. The SMILES string of the molecule is CCC(C)n1c(=O)n(C)c(=O)c2c1nc(C(=O)O)n2CC. The minimum atomic E-state index is -1.22. The summed E-state index contributed by atoms with van der Waals surface area (Å²) in [6.07, 6.45) is 0.661. The Labute approximate surface area is 120 Å². The number of aromatic nitrogens is 4. The van der Waals surface area contributed by atoms with Crippen molar-refractivity contribution in [1.29, 1.82) is 0 Å². The summed E-state index contributed by atoms with van der Waals surface area (Å²) < 4.78 is 3.71. The van der Waals surface area contributed by atoms with E-state index in [0.29, 0.717) is 6.42 Å². The van der Waals surface area contributed by atoms with Gasteiger partial charge in [0.1, 0.15) is 0 Å². The number of hydrogen-bond donors (Lipinski definition) is 1. The number of carboxylic acid groups (broad SMARTS) is 1. The Kier molecular flexibility index (Phi) is 3.71. The molecule has 1 N–H and O–H groups in total. The molecule has 114 valence electrons. The molecule has 0 aromatic carbocycles. The van der Waals surface area contributed by atoms with Crippen molar-refractivity contribution < 1.29 is 9.90 Å². The number of aromatic carboxylic acids is 1. The molecule has 0 radical (unpaired) electrons. The second-order valence-corrected chi connectivity index (χ2v) is 4.93. The number of carbonyl (C=O) groups is 1. The Morgan fingerprint density at radius 3 is 2.43 bits per heavy atom. The highest BCUT2D eigenvalue weighted by Crippen LogP contribution is 2.16. The van der Waals surface area contributed by atoms with Crippen molar-refractivity contribution in [3.8, 4) is 0 Å². The van der Waals surface area contributed by atoms with Crippen LogP contribution in [0.15, 0.2) is 9.59 Å². The minimum Gasteiger partial charge on any atom is -0.475 e. The highest BCUT2D eigenvalue weighted by molar-refractivity contribution is 5.88. The van der Waals surface area contributed by atoms with Crippen LogP contribution in [0.25, 0.3) is 11.2 Å². The average Bonchev–Trinajstić information content (AvgIpc) is 2.84. The number of carboxylic acids is 1. The maximum absolute atomic E-state index is 12.3. The second-order valence-electron chi connectivity index (χ2n) is 4.93. The van der Waals surface area contributed by atoms with Crippen molar-refractivity contribution in [2.24, 2.45) is 7.05 Å². The zero-order valence-electron chi connectivity index (χ0n) is 12.5. The van der Waals surface area contributed by atoms with E-state index in [9.17, 15) is 19.5 Å². The largest absolute Gasteiger partial charge is 0.475 e. The third-order valence-corrected chi connectivity index (χ3v) is 3.72. The molecule has 0 aliphatic heterocycles. The Bertz CT molecular complexity index is 827. The number of hydrogen-bond acceptors (Lipinski definition) is 4. The first-order valence-electron chi connectivity index (χ1n) is 6.80. The number of imidazole rings is 1. The van der Waals surface area contributed by atoms with Crippen LogP contribution >= 0.6 is 0 Å². The van der Waals surface area contributed by atoms with Gasteiger partial charge >= 0.3 is 11.7 Å². The lowest BCUT2D eigenvalue weighted by Crippen LogP contribution is -2.39. The smallest absolute Gasteiger partial charge is 0.372 e. The van der Waals surface area contributed by atoms with Crippen molar-refractivity contribution in [1.82, 2.24) is 18.7 Å². The van der Waals surface area contributed by atoms with Gasteiger partial charge in [-0.25, -0.2) is 14.6 Å². The first kappa shape index (κ1) is 15.0. The van der Waals surface area contributed by atoms with Crippen LogP contribution in [0.2, 0.25) is 0 Å². The van der Waals surface area contributed by atoms with E-state index in [2.05, 4.69) is 4.98 Å². The molecule has 8 heteroatoms. The van der Waals surface area contributed by atoms with E-state index in [1.807, 2.05) is 13.8 Å². The maximum Gasteiger partial charge on any atom is 0.372 e. The molecule has 1 atom stereocenters. The molecule has 1 unspecified atom stereocenters. The van der Waals surface area contributed by atoms with Gasteiger partial charge in [0.2, 0.25) is 5.82 Å². The summed E-state index contributed by atoms with van der Waals surface area (Å²) >= 11 is 0. The predicted octanol–water partition coefficient (Wildman–Crippen LogP) is 0.586. The lowest BCUT2D eigenvalue weighted by molar-refractivity contribution is 0.0679. The molecule has 0 aliphatic carbocycles. The van der Waals surface area contributed by atoms with Gasteiger partial charge in [-0.15, -0.1) is 0 Å². The highest BCUT2D eigenvalue weighted by atomic mass is 16.4. The summed E-state index contributed by atoms with van der Waals surface area (Å²) in [4.78, 5) is 40.0. The molecular formula is C13H18N4O4. The van der Waals surface area contributed by atoms with Crippen LogP contribution < -0.4 is 11.2 Å². The molecule has 0 bridgehead atoms. The van der Waals surface area contributed by atoms with Crippen LogP contribution in [0, 0.1) is 0 Å². The minimum absolute atomic E-state index is 0.136. The maximum atomic E-state index is 12.3. The predicted molar refractivity (Wildman–Crippen MR) is 76.9 cm³/mol. The fraction of sp³-hybridized carbons (Fsp3) is 0.538. The lowest BCUT2D eigenvalue weighted by atomic mass is 10.2. The van der Waals surface area contributed by atoms with Crippen molar-refractivity contribution in [3.05, 3.63) is 26.7 Å². The van der Waals surface area contributed by atoms with Gasteiger partial charge in [0.05, 0.1) is 0 Å². The van der Waals surface area contributed by atoms with Crippen molar-refractivity contribution in [3.63, 3.8) is 0 Å². The summed E-state index contributed by atoms with van der Waals surface area (Å²) in [5.74, 6) is -1.45. The Balaban J connectivity index is 3.09. The van der Waals surface area contributed by atoms with Crippen molar-refractivity contribution >= 4 is 17.1 Å². The summed E-state index contributed by atoms with van der Waals surface area (Å²) in [6.45, 7) is 5.75. The van der Waals surface area contributed by atoms with Gasteiger partial charge in [-0.2, -0.15) is 0 Å². The lowest BCUT2D eigenvalue weighted by Gasteiger charge is -2.14. The van der Waals surface area contributed by atoms with Gasteiger partial charge in [-0.05, 0) is 20.3 Å². The van der Waals surface area contributed by atoms with E-state index in [1.54, 1.807) is 6.92 Å². The topological polar surface area (TPSA) is 99.1 Å². The fourth-order valence-electron chi connectivity index (χ4n) is 2.37. The average molecular weight is 294 g/mol. The summed E-state index contributed by atoms with van der Waals surface area (Å²) in [5, 5.41) is 9.23. The molecule has 2 aromatic rings. The van der Waals surface area contributed by atoms with Crippen molar-refractivity contribution in [2.45, 2.75) is 39.8 Å². The number of aryl methyl sites for hydroxylation is 1. The van der Waals surface area contributed by atoms with Gasteiger partial charge < -0.3 is 9.67 Å². The quantitative estimate of drug-likeness (QED) is 0.889. The summed E-state index contributed by atoms with van der Waals surface area (Å²) in [5.41, 5.74) is -0.732. The molecule has 2 aromatic heterocycles. The van der Waals surface area contributed by atoms with Crippen LogP contribution in [0.1, 0.15) is 43.9 Å². The summed E-state index contributed by atoms with van der Waals surface area (Å²) in [7, 11) is 1.39. The van der Waals surface area contributed by atoms with E-state index < -0.39 is 17.2 Å². The van der Waals surface area contributed by atoms with Crippen molar-refractivity contribution in [2.75, 3.05) is 0 Å². The van der Waals surface area contributed by atoms with Crippen LogP contribution in [0.4, 0.5) is 0 Å². The van der Waals surface area contributed by atoms with Gasteiger partial charge in [-0.1, -0.05) is 6.92 Å². The molecular weight excluding hydrogens is 276 g/mol. The van der Waals surface area contributed by atoms with Crippen LogP contribution in [-0.2, 0) is 13.6 Å². The van der Waals surface area contributed by atoms with Crippen LogP contribution in [0.3, 0.4) is 0 Å². The number of nitrogens with zero attached hydrogens (tertiary/aromatic N) is 4. The molecule has 0 saturated carbocycles. The molecule has 0 saturated heterocycles. The van der Waals surface area contributed by atoms with Crippen LogP contribution in [-0.4, -0.2) is 29.8 Å². The molecule has 0 spiro atoms. The highest BCUT2D eigenvalue weighted by Gasteiger charge is 2.24. The van der Waals surface area contributed by atoms with Gasteiger partial charge in [0.15, 0.2) is 11.2 Å². The normalized spacial score (nSPS) is 12.8. The van der Waals surface area contributed by atoms with E-state index in [4.69, 9.17) is 0 Å². The van der Waals surface area contributed by atoms with Crippen LogP contribution in [0.5, 0.6) is 0 Å². The van der Waals surface area contributed by atoms with Gasteiger partial charge in [0, 0.05) is 19.6 Å². The molecule has 8 nitrogen and oxygen atoms in total.